The van der Waals surface area contributed by atoms with Gasteiger partial charge >= 0.3 is 0 Å². The van der Waals surface area contributed by atoms with Gasteiger partial charge in [-0.3, -0.25) is 0 Å². The molecule has 17 heavy (non-hydrogen) atoms. The third-order valence-electron chi connectivity index (χ3n) is 2.89. The molecule has 0 aromatic heterocycles. The van der Waals surface area contributed by atoms with Crippen LogP contribution >= 0.6 is 0 Å². The Hall–Kier alpha value is -0.630. The lowest BCUT2D eigenvalue weighted by Gasteiger charge is -2.19. The van der Waals surface area contributed by atoms with Crippen molar-refractivity contribution >= 4 is 0 Å². The number of hydrogen-bond donors (Lipinski definition) is 1. The lowest BCUT2D eigenvalue weighted by molar-refractivity contribution is 0.292. The average Bonchev–Trinajstić information content (AvgIpc) is 2.24. The highest BCUT2D eigenvalue weighted by Crippen LogP contribution is 2.09. The van der Waals surface area contributed by atoms with Crippen LogP contribution < -0.4 is 5.73 Å². The van der Waals surface area contributed by atoms with Gasteiger partial charge in [0.15, 0.2) is 0 Å². The van der Waals surface area contributed by atoms with Crippen LogP contribution in [-0.4, -0.2) is 56.1 Å². The number of nitrogens with two attached hydrogens (primary N) is 1. The van der Waals surface area contributed by atoms with Gasteiger partial charge in [0, 0.05) is 0 Å². The summed E-state index contributed by atoms with van der Waals surface area (Å²) in [6.45, 7) is 5.17. The first kappa shape index (κ1) is 16.4. The molecule has 100 valence electrons. The zero-order chi connectivity index (χ0) is 13.3. The van der Waals surface area contributed by atoms with Crippen LogP contribution in [0.25, 0.3) is 0 Å². The van der Waals surface area contributed by atoms with Crippen molar-refractivity contribution in [1.29, 1.82) is 5.26 Å². The summed E-state index contributed by atoms with van der Waals surface area (Å²) < 4.78 is 0. The normalized spacial score (nSPS) is 14.9. The third kappa shape index (κ3) is 10.3. The fourth-order valence-electron chi connectivity index (χ4n) is 1.70. The SMILES string of the molecule is CN(C)CCCN(C)CCCCC(C)(N)C#N. The van der Waals surface area contributed by atoms with Crippen LogP contribution in [0.2, 0.25) is 0 Å². The second-order valence-corrected chi connectivity index (χ2v) is 5.45. The van der Waals surface area contributed by atoms with Gasteiger partial charge < -0.3 is 15.5 Å². The van der Waals surface area contributed by atoms with Crippen molar-refractivity contribution in [1.82, 2.24) is 9.80 Å². The summed E-state index contributed by atoms with van der Waals surface area (Å²) in [5.74, 6) is 0. The third-order valence-corrected chi connectivity index (χ3v) is 2.89. The first-order valence-electron chi connectivity index (χ1n) is 6.41. The summed E-state index contributed by atoms with van der Waals surface area (Å²) in [6, 6.07) is 2.13. The summed E-state index contributed by atoms with van der Waals surface area (Å²) in [6.07, 6.45) is 4.14. The smallest absolute Gasteiger partial charge is 0.101 e. The quantitative estimate of drug-likeness (QED) is 0.617. The number of unbranched alkanes of at least 4 members (excludes halogenated alkanes) is 1. The minimum Gasteiger partial charge on any atom is -0.314 e. The van der Waals surface area contributed by atoms with Gasteiger partial charge in [-0.05, 0) is 73.4 Å². The predicted molar refractivity (Wildman–Crippen MR) is 72.7 cm³/mol. The second-order valence-electron chi connectivity index (χ2n) is 5.45. The van der Waals surface area contributed by atoms with Crippen LogP contribution in [0.3, 0.4) is 0 Å². The molecule has 1 unspecified atom stereocenters. The first-order chi connectivity index (χ1) is 7.87. The molecule has 0 aliphatic carbocycles. The molecule has 1 atom stereocenters. The fourth-order valence-corrected chi connectivity index (χ4v) is 1.70. The van der Waals surface area contributed by atoms with E-state index in [-0.39, 0.29) is 0 Å². The second kappa shape index (κ2) is 8.46. The molecule has 0 spiro atoms. The molecule has 4 heteroatoms. The highest BCUT2D eigenvalue weighted by Gasteiger charge is 2.15. The Balaban J connectivity index is 3.46. The van der Waals surface area contributed by atoms with Crippen LogP contribution in [0.1, 0.15) is 32.6 Å². The van der Waals surface area contributed by atoms with Gasteiger partial charge in [-0.25, -0.2) is 0 Å². The van der Waals surface area contributed by atoms with Gasteiger partial charge in [-0.15, -0.1) is 0 Å². The van der Waals surface area contributed by atoms with E-state index in [9.17, 15) is 0 Å². The molecule has 0 saturated carbocycles. The van der Waals surface area contributed by atoms with Gasteiger partial charge in [0.1, 0.15) is 5.54 Å². The monoisotopic (exact) mass is 240 g/mol. The summed E-state index contributed by atoms with van der Waals surface area (Å²) in [5.41, 5.74) is 5.12. The van der Waals surface area contributed by atoms with E-state index in [0.29, 0.717) is 0 Å². The standard InChI is InChI=1S/C13H28N4/c1-13(15,12-14)8-5-6-10-17(4)11-7-9-16(2)3/h5-11,15H2,1-4H3. The fraction of sp³-hybridized carbons (Fsp3) is 0.923. The van der Waals surface area contributed by atoms with Crippen molar-refractivity contribution in [2.75, 3.05) is 40.8 Å². The molecule has 2 N–H and O–H groups in total. The van der Waals surface area contributed by atoms with Crippen LogP contribution in [0.15, 0.2) is 0 Å². The van der Waals surface area contributed by atoms with Crippen LogP contribution in [-0.2, 0) is 0 Å². The van der Waals surface area contributed by atoms with E-state index in [0.717, 1.165) is 38.9 Å². The van der Waals surface area contributed by atoms with E-state index in [4.69, 9.17) is 11.0 Å². The zero-order valence-corrected chi connectivity index (χ0v) is 11.9. The van der Waals surface area contributed by atoms with Gasteiger partial charge in [0.25, 0.3) is 0 Å². The highest BCUT2D eigenvalue weighted by atomic mass is 15.1. The van der Waals surface area contributed by atoms with E-state index >= 15 is 0 Å². The summed E-state index contributed by atoms with van der Waals surface area (Å²) in [5, 5.41) is 8.78. The molecule has 0 aromatic rings. The van der Waals surface area contributed by atoms with Crippen LogP contribution in [0, 0.1) is 11.3 Å². The maximum absolute atomic E-state index is 8.78. The number of rotatable bonds is 9. The first-order valence-corrected chi connectivity index (χ1v) is 6.41. The summed E-state index contributed by atoms with van der Waals surface area (Å²) >= 11 is 0. The minimum atomic E-state index is -0.649. The van der Waals surface area contributed by atoms with E-state index < -0.39 is 5.54 Å². The maximum Gasteiger partial charge on any atom is 0.101 e. The van der Waals surface area contributed by atoms with E-state index in [1.807, 2.05) is 0 Å². The molecule has 0 fully saturated rings. The van der Waals surface area contributed by atoms with E-state index in [1.165, 1.54) is 6.42 Å². The van der Waals surface area contributed by atoms with Gasteiger partial charge in [0.2, 0.25) is 0 Å². The van der Waals surface area contributed by atoms with Crippen LogP contribution in [0.5, 0.6) is 0 Å². The van der Waals surface area contributed by atoms with Crippen molar-refractivity contribution in [2.45, 2.75) is 38.1 Å². The molecule has 0 rings (SSSR count). The average molecular weight is 240 g/mol. The van der Waals surface area contributed by atoms with Crippen molar-refractivity contribution in [3.8, 4) is 6.07 Å². The molecule has 0 amide bonds. The van der Waals surface area contributed by atoms with Gasteiger partial charge in [-0.2, -0.15) is 5.26 Å². The van der Waals surface area contributed by atoms with Crippen molar-refractivity contribution in [3.63, 3.8) is 0 Å². The minimum absolute atomic E-state index is 0.649. The van der Waals surface area contributed by atoms with Crippen molar-refractivity contribution in [3.05, 3.63) is 0 Å². The zero-order valence-electron chi connectivity index (χ0n) is 11.9. The number of hydrogen-bond acceptors (Lipinski definition) is 4. The molecule has 0 bridgehead atoms. The summed E-state index contributed by atoms with van der Waals surface area (Å²) in [7, 11) is 6.36. The molecule has 0 saturated heterocycles. The van der Waals surface area contributed by atoms with Crippen LogP contribution in [0.4, 0.5) is 0 Å². The molecule has 0 aliphatic rings. The van der Waals surface area contributed by atoms with Crippen molar-refractivity contribution in [2.24, 2.45) is 5.73 Å². The Kier molecular flexibility index (Phi) is 8.15. The van der Waals surface area contributed by atoms with Gasteiger partial charge in [-0.1, -0.05) is 0 Å². The maximum atomic E-state index is 8.78. The number of nitriles is 1. The largest absolute Gasteiger partial charge is 0.314 e. The van der Waals surface area contributed by atoms with Crippen molar-refractivity contribution < 1.29 is 0 Å². The van der Waals surface area contributed by atoms with E-state index in [1.54, 1.807) is 6.92 Å². The Bertz CT molecular complexity index is 230. The summed E-state index contributed by atoms with van der Waals surface area (Å²) in [4.78, 5) is 4.56. The lowest BCUT2D eigenvalue weighted by Crippen LogP contribution is -2.34. The predicted octanol–water partition coefficient (Wildman–Crippen LogP) is 1.28. The molecule has 0 aromatic carbocycles. The molecule has 0 radical (unpaired) electrons. The number of nitrogens with zero attached hydrogens (tertiary/aromatic N) is 3. The molecule has 0 aliphatic heterocycles. The molecular weight excluding hydrogens is 212 g/mol. The molecule has 0 heterocycles. The van der Waals surface area contributed by atoms with Gasteiger partial charge in [0.05, 0.1) is 6.07 Å². The highest BCUT2D eigenvalue weighted by molar-refractivity contribution is 5.00. The Labute approximate surface area is 106 Å². The molecular formula is C13H28N4. The van der Waals surface area contributed by atoms with E-state index in [2.05, 4.69) is 37.0 Å². The Morgan fingerprint density at radius 1 is 1.06 bits per heavy atom. The Morgan fingerprint density at radius 3 is 2.18 bits per heavy atom. The lowest BCUT2D eigenvalue weighted by atomic mass is 9.98. The topological polar surface area (TPSA) is 56.3 Å². The Morgan fingerprint density at radius 2 is 1.65 bits per heavy atom. The molecule has 4 nitrogen and oxygen atoms in total.